The molecule has 0 bridgehead atoms. The summed E-state index contributed by atoms with van der Waals surface area (Å²) in [4.78, 5) is 2.83. The minimum atomic E-state index is 0.390. The van der Waals surface area contributed by atoms with Gasteiger partial charge in [-0.3, -0.25) is 4.90 Å². The second kappa shape index (κ2) is 5.71. The largest absolute Gasteiger partial charge is 0.317 e. The van der Waals surface area contributed by atoms with Crippen molar-refractivity contribution in [3.63, 3.8) is 0 Å². The SMILES string of the molecule is CNC1CCN(C2CCCCCC2)C(C)(C)C1. The maximum Gasteiger partial charge on any atom is 0.0171 e. The number of nitrogens with one attached hydrogen (secondary N) is 1. The predicted octanol–water partition coefficient (Wildman–Crippen LogP) is 3.17. The van der Waals surface area contributed by atoms with Crippen LogP contribution in [0.3, 0.4) is 0 Å². The van der Waals surface area contributed by atoms with Crippen molar-refractivity contribution in [1.29, 1.82) is 0 Å². The summed E-state index contributed by atoms with van der Waals surface area (Å²) in [7, 11) is 2.11. The van der Waals surface area contributed by atoms with Gasteiger partial charge in [0, 0.05) is 24.2 Å². The van der Waals surface area contributed by atoms with Crippen molar-refractivity contribution in [1.82, 2.24) is 10.2 Å². The van der Waals surface area contributed by atoms with Crippen molar-refractivity contribution in [2.45, 2.75) is 82.8 Å². The smallest absolute Gasteiger partial charge is 0.0171 e. The van der Waals surface area contributed by atoms with Gasteiger partial charge in [0.1, 0.15) is 0 Å². The van der Waals surface area contributed by atoms with Crippen molar-refractivity contribution in [2.24, 2.45) is 0 Å². The van der Waals surface area contributed by atoms with E-state index in [0.717, 1.165) is 12.1 Å². The molecule has 0 amide bonds. The van der Waals surface area contributed by atoms with Crippen LogP contribution in [0.25, 0.3) is 0 Å². The van der Waals surface area contributed by atoms with E-state index in [-0.39, 0.29) is 0 Å². The Balaban J connectivity index is 1.99. The van der Waals surface area contributed by atoms with Crippen LogP contribution in [0.2, 0.25) is 0 Å². The molecule has 1 saturated carbocycles. The zero-order chi connectivity index (χ0) is 12.3. The Kier molecular flexibility index (Phi) is 4.48. The first-order valence-corrected chi connectivity index (χ1v) is 7.57. The normalized spacial score (nSPS) is 32.3. The Labute approximate surface area is 107 Å². The first kappa shape index (κ1) is 13.4. The third kappa shape index (κ3) is 3.23. The van der Waals surface area contributed by atoms with Gasteiger partial charge in [-0.05, 0) is 46.6 Å². The van der Waals surface area contributed by atoms with Crippen LogP contribution >= 0.6 is 0 Å². The number of nitrogens with zero attached hydrogens (tertiary/aromatic N) is 1. The van der Waals surface area contributed by atoms with Gasteiger partial charge in [0.05, 0.1) is 0 Å². The van der Waals surface area contributed by atoms with Gasteiger partial charge in [0.25, 0.3) is 0 Å². The van der Waals surface area contributed by atoms with Crippen LogP contribution in [0.4, 0.5) is 0 Å². The van der Waals surface area contributed by atoms with Crippen molar-refractivity contribution >= 4 is 0 Å². The summed E-state index contributed by atoms with van der Waals surface area (Å²) in [6.07, 6.45) is 11.3. The fourth-order valence-electron chi connectivity index (χ4n) is 3.91. The molecule has 1 N–H and O–H groups in total. The number of hydrogen-bond acceptors (Lipinski definition) is 2. The molecule has 1 aliphatic carbocycles. The maximum absolute atomic E-state index is 3.47. The highest BCUT2D eigenvalue weighted by Crippen LogP contribution is 2.33. The molecule has 2 heteroatoms. The monoisotopic (exact) mass is 238 g/mol. The summed E-state index contributed by atoms with van der Waals surface area (Å²) < 4.78 is 0. The highest BCUT2D eigenvalue weighted by molar-refractivity contribution is 4.95. The highest BCUT2D eigenvalue weighted by atomic mass is 15.2. The van der Waals surface area contributed by atoms with Gasteiger partial charge in [0.2, 0.25) is 0 Å². The average molecular weight is 238 g/mol. The molecule has 0 aromatic heterocycles. The Morgan fingerprint density at radius 1 is 1.00 bits per heavy atom. The van der Waals surface area contributed by atoms with Gasteiger partial charge < -0.3 is 5.32 Å². The lowest BCUT2D eigenvalue weighted by Crippen LogP contribution is -2.57. The molecule has 1 unspecified atom stereocenters. The van der Waals surface area contributed by atoms with E-state index in [2.05, 4.69) is 31.1 Å². The average Bonchev–Trinajstić information content (AvgIpc) is 2.56. The van der Waals surface area contributed by atoms with Gasteiger partial charge in [-0.1, -0.05) is 25.7 Å². The van der Waals surface area contributed by atoms with Gasteiger partial charge in [-0.2, -0.15) is 0 Å². The Morgan fingerprint density at radius 2 is 1.65 bits per heavy atom. The molecule has 1 aliphatic heterocycles. The second-order valence-corrected chi connectivity index (χ2v) is 6.63. The minimum absolute atomic E-state index is 0.390. The lowest BCUT2D eigenvalue weighted by atomic mass is 9.84. The molecular weight excluding hydrogens is 208 g/mol. The predicted molar refractivity (Wildman–Crippen MR) is 74.4 cm³/mol. The van der Waals surface area contributed by atoms with Gasteiger partial charge in [0.15, 0.2) is 0 Å². The van der Waals surface area contributed by atoms with Crippen LogP contribution in [0.5, 0.6) is 0 Å². The Bertz CT molecular complexity index is 229. The number of rotatable bonds is 2. The van der Waals surface area contributed by atoms with Gasteiger partial charge in [-0.25, -0.2) is 0 Å². The standard InChI is InChI=1S/C15H30N2/c1-15(2)12-13(16-3)10-11-17(15)14-8-6-4-5-7-9-14/h13-14,16H,4-12H2,1-3H3. The molecule has 0 spiro atoms. The molecule has 0 aromatic carbocycles. The van der Waals surface area contributed by atoms with Crippen LogP contribution in [0.15, 0.2) is 0 Å². The quantitative estimate of drug-likeness (QED) is 0.743. The Hall–Kier alpha value is -0.0800. The van der Waals surface area contributed by atoms with Crippen LogP contribution < -0.4 is 5.32 Å². The fourth-order valence-corrected chi connectivity index (χ4v) is 3.91. The zero-order valence-electron chi connectivity index (χ0n) is 12.0. The minimum Gasteiger partial charge on any atom is -0.317 e. The molecule has 0 aromatic rings. The summed E-state index contributed by atoms with van der Waals surface area (Å²) in [6.45, 7) is 6.19. The summed E-state index contributed by atoms with van der Waals surface area (Å²) >= 11 is 0. The zero-order valence-corrected chi connectivity index (χ0v) is 12.0. The molecule has 2 fully saturated rings. The van der Waals surface area contributed by atoms with Gasteiger partial charge >= 0.3 is 0 Å². The third-order valence-electron chi connectivity index (χ3n) is 4.92. The van der Waals surface area contributed by atoms with E-state index >= 15 is 0 Å². The van der Waals surface area contributed by atoms with E-state index in [1.807, 2.05) is 0 Å². The van der Waals surface area contributed by atoms with Crippen LogP contribution in [0, 0.1) is 0 Å². The molecule has 2 nitrogen and oxygen atoms in total. The van der Waals surface area contributed by atoms with E-state index in [1.54, 1.807) is 0 Å². The molecule has 2 aliphatic rings. The molecule has 17 heavy (non-hydrogen) atoms. The van der Waals surface area contributed by atoms with Crippen molar-refractivity contribution in [2.75, 3.05) is 13.6 Å². The topological polar surface area (TPSA) is 15.3 Å². The second-order valence-electron chi connectivity index (χ2n) is 6.63. The van der Waals surface area contributed by atoms with E-state index < -0.39 is 0 Å². The highest BCUT2D eigenvalue weighted by Gasteiger charge is 2.37. The van der Waals surface area contributed by atoms with Crippen LogP contribution in [-0.2, 0) is 0 Å². The number of likely N-dealkylation sites (tertiary alicyclic amines) is 1. The van der Waals surface area contributed by atoms with E-state index in [4.69, 9.17) is 0 Å². The molecule has 1 saturated heterocycles. The first-order chi connectivity index (χ1) is 8.13. The summed E-state index contributed by atoms with van der Waals surface area (Å²) in [5.41, 5.74) is 0.390. The first-order valence-electron chi connectivity index (χ1n) is 7.57. The Morgan fingerprint density at radius 3 is 2.18 bits per heavy atom. The van der Waals surface area contributed by atoms with Crippen LogP contribution in [-0.4, -0.2) is 36.1 Å². The number of hydrogen-bond donors (Lipinski definition) is 1. The van der Waals surface area contributed by atoms with E-state index in [0.29, 0.717) is 5.54 Å². The molecule has 1 heterocycles. The van der Waals surface area contributed by atoms with Crippen molar-refractivity contribution < 1.29 is 0 Å². The van der Waals surface area contributed by atoms with Crippen LogP contribution in [0.1, 0.15) is 65.2 Å². The van der Waals surface area contributed by atoms with E-state index in [9.17, 15) is 0 Å². The molecule has 100 valence electrons. The molecular formula is C15H30N2. The molecule has 2 rings (SSSR count). The summed E-state index contributed by atoms with van der Waals surface area (Å²) in [6, 6.07) is 1.59. The lowest BCUT2D eigenvalue weighted by molar-refractivity contribution is 0.0144. The summed E-state index contributed by atoms with van der Waals surface area (Å²) in [5.74, 6) is 0. The van der Waals surface area contributed by atoms with Crippen molar-refractivity contribution in [3.8, 4) is 0 Å². The maximum atomic E-state index is 3.47. The third-order valence-corrected chi connectivity index (χ3v) is 4.92. The molecule has 0 radical (unpaired) electrons. The summed E-state index contributed by atoms with van der Waals surface area (Å²) in [5, 5.41) is 3.47. The van der Waals surface area contributed by atoms with E-state index in [1.165, 1.54) is 57.9 Å². The van der Waals surface area contributed by atoms with Crippen molar-refractivity contribution in [3.05, 3.63) is 0 Å². The van der Waals surface area contributed by atoms with Gasteiger partial charge in [-0.15, -0.1) is 0 Å². The number of piperidine rings is 1. The fraction of sp³-hybridized carbons (Fsp3) is 1.00. The molecule has 1 atom stereocenters. The lowest BCUT2D eigenvalue weighted by Gasteiger charge is -2.49.